The first kappa shape index (κ1) is 18.3. The zero-order valence-corrected chi connectivity index (χ0v) is 15.1. The maximum absolute atomic E-state index is 12.8. The van der Waals surface area contributed by atoms with Gasteiger partial charge < -0.3 is 24.4 Å². The monoisotopic (exact) mass is 361 g/mol. The maximum atomic E-state index is 12.8. The van der Waals surface area contributed by atoms with Gasteiger partial charge in [-0.25, -0.2) is 0 Å². The van der Waals surface area contributed by atoms with Crippen LogP contribution in [0.4, 0.5) is 0 Å². The topological polar surface area (TPSA) is 107 Å². The number of nitrogens with zero attached hydrogens (tertiary/aromatic N) is 2. The van der Waals surface area contributed by atoms with E-state index in [1.807, 2.05) is 6.07 Å². The second kappa shape index (κ2) is 7.84. The number of aliphatic hydroxyl groups is 1. The van der Waals surface area contributed by atoms with Crippen molar-refractivity contribution in [3.63, 3.8) is 0 Å². The highest BCUT2D eigenvalue weighted by Crippen LogP contribution is 2.38. The number of hydrogen-bond donors (Lipinski definition) is 2. The molecule has 8 nitrogen and oxygen atoms in total. The quantitative estimate of drug-likeness (QED) is 0.774. The molecule has 140 valence electrons. The van der Waals surface area contributed by atoms with Crippen molar-refractivity contribution < 1.29 is 23.9 Å². The predicted molar refractivity (Wildman–Crippen MR) is 91.7 cm³/mol. The molecule has 0 saturated heterocycles. The number of methoxy groups -OCH3 is 2. The summed E-state index contributed by atoms with van der Waals surface area (Å²) in [4.78, 5) is 17.0. The van der Waals surface area contributed by atoms with Gasteiger partial charge >= 0.3 is 0 Å². The first-order chi connectivity index (χ1) is 12.5. The largest absolute Gasteiger partial charge is 0.495 e. The van der Waals surface area contributed by atoms with Gasteiger partial charge in [0.2, 0.25) is 0 Å². The Balaban J connectivity index is 1.85. The Hall–Kier alpha value is -2.45. The Bertz CT molecular complexity index is 770. The standard InChI is InChI=1S/C18H23N3O5/c1-10-15(9-24-2)17(21-26-10)18(23)20-16(11-4-13(22)5-11)12-6-14(25-3)8-19-7-12/h6-8,11,13,16,22H,4-5,9H2,1-3H3,(H,20,23)/t11?,13?,16-/m1/s1. The summed E-state index contributed by atoms with van der Waals surface area (Å²) < 4.78 is 15.5. The number of carbonyl (C=O) groups is 1. The van der Waals surface area contributed by atoms with E-state index in [0.29, 0.717) is 29.9 Å². The van der Waals surface area contributed by atoms with Gasteiger partial charge in [-0.05, 0) is 37.3 Å². The van der Waals surface area contributed by atoms with Crippen molar-refractivity contribution in [2.75, 3.05) is 14.2 Å². The summed E-state index contributed by atoms with van der Waals surface area (Å²) in [7, 11) is 3.12. The van der Waals surface area contributed by atoms with Crippen molar-refractivity contribution >= 4 is 5.91 Å². The third-order valence-corrected chi connectivity index (χ3v) is 4.73. The van der Waals surface area contributed by atoms with Gasteiger partial charge in [0.15, 0.2) is 5.69 Å². The Morgan fingerprint density at radius 1 is 1.42 bits per heavy atom. The van der Waals surface area contributed by atoms with Crippen molar-refractivity contribution in [3.8, 4) is 5.75 Å². The molecule has 1 amide bonds. The van der Waals surface area contributed by atoms with Crippen LogP contribution in [0.15, 0.2) is 23.0 Å². The summed E-state index contributed by atoms with van der Waals surface area (Å²) in [5, 5.41) is 16.6. The summed E-state index contributed by atoms with van der Waals surface area (Å²) in [6.45, 7) is 1.98. The lowest BCUT2D eigenvalue weighted by atomic mass is 9.75. The number of ether oxygens (including phenoxy) is 2. The number of nitrogens with one attached hydrogen (secondary N) is 1. The molecular weight excluding hydrogens is 338 g/mol. The molecule has 0 radical (unpaired) electrons. The van der Waals surface area contributed by atoms with Gasteiger partial charge in [0.25, 0.3) is 5.91 Å². The zero-order valence-electron chi connectivity index (χ0n) is 15.1. The van der Waals surface area contributed by atoms with Crippen molar-refractivity contribution in [3.05, 3.63) is 41.0 Å². The molecule has 1 aliphatic rings. The highest BCUT2D eigenvalue weighted by atomic mass is 16.5. The Labute approximate surface area is 151 Å². The number of rotatable bonds is 7. The predicted octanol–water partition coefficient (Wildman–Crippen LogP) is 1.78. The van der Waals surface area contributed by atoms with Crippen molar-refractivity contribution in [1.82, 2.24) is 15.5 Å². The van der Waals surface area contributed by atoms with E-state index in [1.165, 1.54) is 0 Å². The molecule has 0 spiro atoms. The lowest BCUT2D eigenvalue weighted by Gasteiger charge is -2.38. The van der Waals surface area contributed by atoms with Crippen LogP contribution in [0.25, 0.3) is 0 Å². The van der Waals surface area contributed by atoms with E-state index in [-0.39, 0.29) is 36.3 Å². The Morgan fingerprint density at radius 2 is 2.19 bits per heavy atom. The van der Waals surface area contributed by atoms with Gasteiger partial charge in [-0.1, -0.05) is 5.16 Å². The number of aliphatic hydroxyl groups excluding tert-OH is 1. The Morgan fingerprint density at radius 3 is 2.85 bits per heavy atom. The molecule has 1 saturated carbocycles. The smallest absolute Gasteiger partial charge is 0.274 e. The number of aromatic nitrogens is 2. The van der Waals surface area contributed by atoms with Crippen LogP contribution in [0.2, 0.25) is 0 Å². The summed E-state index contributed by atoms with van der Waals surface area (Å²) in [5.74, 6) is 0.930. The van der Waals surface area contributed by atoms with E-state index in [2.05, 4.69) is 15.5 Å². The highest BCUT2D eigenvalue weighted by molar-refractivity contribution is 5.94. The number of pyridine rings is 1. The summed E-state index contributed by atoms with van der Waals surface area (Å²) in [6.07, 6.45) is 4.20. The van der Waals surface area contributed by atoms with Gasteiger partial charge in [0.1, 0.15) is 11.5 Å². The van der Waals surface area contributed by atoms with Crippen LogP contribution in [0.3, 0.4) is 0 Å². The lowest BCUT2D eigenvalue weighted by Crippen LogP contribution is -2.41. The van der Waals surface area contributed by atoms with Gasteiger partial charge in [-0.2, -0.15) is 0 Å². The van der Waals surface area contributed by atoms with E-state index in [1.54, 1.807) is 33.5 Å². The minimum absolute atomic E-state index is 0.113. The van der Waals surface area contributed by atoms with Crippen molar-refractivity contribution in [1.29, 1.82) is 0 Å². The van der Waals surface area contributed by atoms with E-state index >= 15 is 0 Å². The fraction of sp³-hybridized carbons (Fsp3) is 0.500. The van der Waals surface area contributed by atoms with E-state index in [0.717, 1.165) is 5.56 Å². The van der Waals surface area contributed by atoms with E-state index in [4.69, 9.17) is 14.0 Å². The molecule has 8 heteroatoms. The second-order valence-electron chi connectivity index (χ2n) is 6.49. The van der Waals surface area contributed by atoms with Gasteiger partial charge in [-0.15, -0.1) is 0 Å². The molecule has 0 aliphatic heterocycles. The SMILES string of the molecule is COCc1c(C(=O)N[C@@H](c2cncc(OC)c2)C2CC(O)C2)noc1C. The van der Waals surface area contributed by atoms with Crippen LogP contribution in [-0.2, 0) is 11.3 Å². The zero-order chi connectivity index (χ0) is 18.7. The minimum Gasteiger partial charge on any atom is -0.495 e. The molecule has 3 rings (SSSR count). The molecule has 26 heavy (non-hydrogen) atoms. The summed E-state index contributed by atoms with van der Waals surface area (Å²) in [6, 6.07) is 1.54. The minimum atomic E-state index is -0.344. The van der Waals surface area contributed by atoms with Crippen molar-refractivity contribution in [2.45, 2.75) is 38.5 Å². The average molecular weight is 361 g/mol. The van der Waals surface area contributed by atoms with Crippen LogP contribution in [0, 0.1) is 12.8 Å². The molecule has 2 N–H and O–H groups in total. The molecular formula is C18H23N3O5. The van der Waals surface area contributed by atoms with Crippen LogP contribution >= 0.6 is 0 Å². The van der Waals surface area contributed by atoms with Gasteiger partial charge in [0, 0.05) is 13.3 Å². The van der Waals surface area contributed by atoms with Crippen molar-refractivity contribution in [2.24, 2.45) is 5.92 Å². The van der Waals surface area contributed by atoms with Crippen LogP contribution < -0.4 is 10.1 Å². The first-order valence-corrected chi connectivity index (χ1v) is 8.45. The molecule has 2 aromatic heterocycles. The molecule has 2 heterocycles. The third-order valence-electron chi connectivity index (χ3n) is 4.73. The maximum Gasteiger partial charge on any atom is 0.274 e. The summed E-state index contributed by atoms with van der Waals surface area (Å²) in [5.41, 5.74) is 1.66. The fourth-order valence-corrected chi connectivity index (χ4v) is 3.19. The highest BCUT2D eigenvalue weighted by Gasteiger charge is 2.37. The van der Waals surface area contributed by atoms with Crippen LogP contribution in [0.1, 0.15) is 46.3 Å². The Kier molecular flexibility index (Phi) is 5.53. The first-order valence-electron chi connectivity index (χ1n) is 8.45. The molecule has 1 atom stereocenters. The van der Waals surface area contributed by atoms with Gasteiger partial charge in [-0.3, -0.25) is 9.78 Å². The molecule has 0 aromatic carbocycles. The van der Waals surface area contributed by atoms with Crippen LogP contribution in [-0.4, -0.2) is 41.5 Å². The molecule has 0 unspecified atom stereocenters. The number of hydrogen-bond acceptors (Lipinski definition) is 7. The fourth-order valence-electron chi connectivity index (χ4n) is 3.19. The molecule has 0 bridgehead atoms. The lowest BCUT2D eigenvalue weighted by molar-refractivity contribution is 0.0233. The van der Waals surface area contributed by atoms with E-state index < -0.39 is 0 Å². The number of amides is 1. The summed E-state index contributed by atoms with van der Waals surface area (Å²) >= 11 is 0. The normalized spacial score (nSPS) is 20.3. The van der Waals surface area contributed by atoms with Crippen LogP contribution in [0.5, 0.6) is 5.75 Å². The van der Waals surface area contributed by atoms with Gasteiger partial charge in [0.05, 0.1) is 37.6 Å². The van der Waals surface area contributed by atoms with E-state index in [9.17, 15) is 9.90 Å². The average Bonchev–Trinajstić information content (AvgIpc) is 2.98. The second-order valence-corrected chi connectivity index (χ2v) is 6.49. The molecule has 1 aliphatic carbocycles. The third kappa shape index (κ3) is 3.71. The number of aryl methyl sites for hydroxylation is 1. The molecule has 1 fully saturated rings. The molecule has 2 aromatic rings. The number of carbonyl (C=O) groups excluding carboxylic acids is 1.